The quantitative estimate of drug-likeness (QED) is 0.843. The van der Waals surface area contributed by atoms with Crippen LogP contribution in [0.4, 0.5) is 0 Å². The summed E-state index contributed by atoms with van der Waals surface area (Å²) in [7, 11) is -3.67. The zero-order valence-corrected chi connectivity index (χ0v) is 13.9. The molecular formula is C13H14BrNO3S2. The van der Waals surface area contributed by atoms with Crippen LogP contribution in [0.2, 0.25) is 0 Å². The smallest absolute Gasteiger partial charge is 0.241 e. The van der Waals surface area contributed by atoms with Crippen LogP contribution in [0, 0.1) is 0 Å². The van der Waals surface area contributed by atoms with Gasteiger partial charge in [-0.05, 0) is 46.4 Å². The Balaban J connectivity index is 2.17. The molecule has 0 aliphatic rings. The summed E-state index contributed by atoms with van der Waals surface area (Å²) < 4.78 is 27.4. The summed E-state index contributed by atoms with van der Waals surface area (Å²) in [6, 6.07) is 10.1. The molecular weight excluding hydrogens is 362 g/mol. The van der Waals surface area contributed by atoms with Gasteiger partial charge in [-0.25, -0.2) is 13.1 Å². The maximum absolute atomic E-state index is 12.2. The Morgan fingerprint density at radius 3 is 2.60 bits per heavy atom. The summed E-state index contributed by atoms with van der Waals surface area (Å²) in [4.78, 5) is 0.870. The van der Waals surface area contributed by atoms with Crippen molar-refractivity contribution in [2.45, 2.75) is 17.4 Å². The van der Waals surface area contributed by atoms with Gasteiger partial charge in [-0.3, -0.25) is 0 Å². The molecule has 2 aromatic rings. The molecule has 0 spiro atoms. The minimum Gasteiger partial charge on any atom is -0.383 e. The highest BCUT2D eigenvalue weighted by atomic mass is 79.9. The molecule has 0 fully saturated rings. The van der Waals surface area contributed by atoms with Crippen molar-refractivity contribution in [2.24, 2.45) is 0 Å². The molecule has 1 unspecified atom stereocenters. The van der Waals surface area contributed by atoms with E-state index in [4.69, 9.17) is 0 Å². The zero-order valence-electron chi connectivity index (χ0n) is 10.7. The molecule has 1 aromatic carbocycles. The number of hydrogen-bond donors (Lipinski definition) is 2. The molecule has 20 heavy (non-hydrogen) atoms. The van der Waals surface area contributed by atoms with Crippen molar-refractivity contribution < 1.29 is 13.5 Å². The van der Waals surface area contributed by atoms with Crippen molar-refractivity contribution in [3.8, 4) is 0 Å². The number of halogens is 1. The average Bonchev–Trinajstić information content (AvgIpc) is 2.92. The third kappa shape index (κ3) is 3.48. The van der Waals surface area contributed by atoms with Crippen LogP contribution < -0.4 is 4.72 Å². The van der Waals surface area contributed by atoms with E-state index >= 15 is 0 Å². The molecule has 0 amide bonds. The largest absolute Gasteiger partial charge is 0.383 e. The second kappa shape index (κ2) is 5.95. The molecule has 7 heteroatoms. The Bertz CT molecular complexity index is 681. The molecule has 2 rings (SSSR count). The molecule has 1 heterocycles. The van der Waals surface area contributed by atoms with Gasteiger partial charge in [0, 0.05) is 15.9 Å². The minimum atomic E-state index is -3.67. The van der Waals surface area contributed by atoms with E-state index in [1.54, 1.807) is 31.2 Å². The fraction of sp³-hybridized carbons (Fsp3) is 0.231. The lowest BCUT2D eigenvalue weighted by Gasteiger charge is -2.22. The fourth-order valence-corrected chi connectivity index (χ4v) is 4.57. The molecule has 1 aromatic heterocycles. The summed E-state index contributed by atoms with van der Waals surface area (Å²) in [5.41, 5.74) is -1.23. The molecule has 0 bridgehead atoms. The van der Waals surface area contributed by atoms with Crippen LogP contribution in [-0.2, 0) is 15.6 Å². The average molecular weight is 376 g/mol. The minimum absolute atomic E-state index is 0.0861. The maximum atomic E-state index is 12.2. The molecule has 1 atom stereocenters. The van der Waals surface area contributed by atoms with Crippen LogP contribution in [0.15, 0.2) is 51.1 Å². The van der Waals surface area contributed by atoms with E-state index in [1.165, 1.54) is 17.4 Å². The van der Waals surface area contributed by atoms with Crippen LogP contribution in [0.3, 0.4) is 0 Å². The number of aliphatic hydroxyl groups is 1. The maximum Gasteiger partial charge on any atom is 0.241 e. The standard InChI is InChI=1S/C13H14BrNO3S2/c1-13(16,12-7-4-8-19-12)9-15-20(17,18)11-6-3-2-5-10(11)14/h2-8,15-16H,9H2,1H3. The van der Waals surface area contributed by atoms with Gasteiger partial charge in [0.25, 0.3) is 0 Å². The van der Waals surface area contributed by atoms with Crippen molar-refractivity contribution in [1.82, 2.24) is 4.72 Å². The fourth-order valence-electron chi connectivity index (χ4n) is 1.65. The molecule has 0 radical (unpaired) electrons. The van der Waals surface area contributed by atoms with Crippen molar-refractivity contribution in [3.05, 3.63) is 51.1 Å². The van der Waals surface area contributed by atoms with Gasteiger partial charge in [-0.15, -0.1) is 11.3 Å². The van der Waals surface area contributed by atoms with Crippen LogP contribution in [0.5, 0.6) is 0 Å². The second-order valence-corrected chi connectivity index (χ2v) is 8.04. The highest BCUT2D eigenvalue weighted by molar-refractivity contribution is 9.10. The van der Waals surface area contributed by atoms with Crippen LogP contribution in [0.1, 0.15) is 11.8 Å². The summed E-state index contributed by atoms with van der Waals surface area (Å²) >= 11 is 4.60. The Kier molecular flexibility index (Phi) is 4.66. The third-order valence-corrected chi connectivity index (χ3v) is 6.32. The van der Waals surface area contributed by atoms with Gasteiger partial charge in [0.1, 0.15) is 5.60 Å². The first-order chi connectivity index (χ1) is 9.33. The Labute approximate surface area is 130 Å². The monoisotopic (exact) mass is 375 g/mol. The van der Waals surface area contributed by atoms with E-state index in [2.05, 4.69) is 20.7 Å². The number of nitrogens with one attached hydrogen (secondary N) is 1. The van der Waals surface area contributed by atoms with Gasteiger partial charge < -0.3 is 5.11 Å². The van der Waals surface area contributed by atoms with Crippen LogP contribution in [0.25, 0.3) is 0 Å². The van der Waals surface area contributed by atoms with Gasteiger partial charge in [-0.2, -0.15) is 0 Å². The summed E-state index contributed by atoms with van der Waals surface area (Å²) in [5, 5.41) is 12.2. The number of sulfonamides is 1. The first-order valence-corrected chi connectivity index (χ1v) is 8.99. The molecule has 0 aliphatic heterocycles. The van der Waals surface area contributed by atoms with E-state index in [9.17, 15) is 13.5 Å². The van der Waals surface area contributed by atoms with E-state index in [1.807, 2.05) is 11.4 Å². The highest BCUT2D eigenvalue weighted by Crippen LogP contribution is 2.26. The number of rotatable bonds is 5. The first-order valence-electron chi connectivity index (χ1n) is 5.83. The van der Waals surface area contributed by atoms with Crippen molar-refractivity contribution in [2.75, 3.05) is 6.54 Å². The molecule has 0 aliphatic carbocycles. The normalized spacial score (nSPS) is 14.9. The molecule has 0 saturated heterocycles. The van der Waals surface area contributed by atoms with Crippen LogP contribution >= 0.6 is 27.3 Å². The summed E-state index contributed by atoms with van der Waals surface area (Å²) in [5.74, 6) is 0. The Hall–Kier alpha value is -0.730. The van der Waals surface area contributed by atoms with Gasteiger partial charge in [0.2, 0.25) is 10.0 Å². The Morgan fingerprint density at radius 2 is 2.00 bits per heavy atom. The lowest BCUT2D eigenvalue weighted by molar-refractivity contribution is 0.0666. The van der Waals surface area contributed by atoms with Crippen molar-refractivity contribution in [1.29, 1.82) is 0 Å². The van der Waals surface area contributed by atoms with Gasteiger partial charge >= 0.3 is 0 Å². The second-order valence-electron chi connectivity index (χ2n) is 4.51. The Morgan fingerprint density at radius 1 is 1.30 bits per heavy atom. The lowest BCUT2D eigenvalue weighted by Crippen LogP contribution is -2.38. The highest BCUT2D eigenvalue weighted by Gasteiger charge is 2.27. The topological polar surface area (TPSA) is 66.4 Å². The molecule has 4 nitrogen and oxygen atoms in total. The van der Waals surface area contributed by atoms with Crippen molar-refractivity contribution >= 4 is 37.3 Å². The third-order valence-electron chi connectivity index (χ3n) is 2.78. The zero-order chi connectivity index (χ0) is 14.8. The number of thiophene rings is 1. The van der Waals surface area contributed by atoms with E-state index in [0.717, 1.165) is 0 Å². The predicted octanol–water partition coefficient (Wildman–Crippen LogP) is 2.70. The predicted molar refractivity (Wildman–Crippen MR) is 83.2 cm³/mol. The number of hydrogen-bond acceptors (Lipinski definition) is 4. The molecule has 108 valence electrons. The van der Waals surface area contributed by atoms with E-state index in [-0.39, 0.29) is 11.4 Å². The lowest BCUT2D eigenvalue weighted by atomic mass is 10.1. The van der Waals surface area contributed by atoms with E-state index < -0.39 is 15.6 Å². The van der Waals surface area contributed by atoms with Gasteiger partial charge in [0.15, 0.2) is 0 Å². The molecule has 2 N–H and O–H groups in total. The molecule has 0 saturated carbocycles. The summed E-state index contributed by atoms with van der Waals surface area (Å²) in [6.07, 6.45) is 0. The van der Waals surface area contributed by atoms with Crippen molar-refractivity contribution in [3.63, 3.8) is 0 Å². The van der Waals surface area contributed by atoms with Gasteiger partial charge in [0.05, 0.1) is 4.90 Å². The van der Waals surface area contributed by atoms with E-state index in [0.29, 0.717) is 9.35 Å². The number of benzene rings is 1. The SMILES string of the molecule is CC(O)(CNS(=O)(=O)c1ccccc1Br)c1cccs1. The van der Waals surface area contributed by atoms with Crippen LogP contribution in [-0.4, -0.2) is 20.1 Å². The summed E-state index contributed by atoms with van der Waals surface area (Å²) in [6.45, 7) is 1.50. The van der Waals surface area contributed by atoms with Gasteiger partial charge in [-0.1, -0.05) is 18.2 Å². The first kappa shape index (κ1) is 15.7.